The number of rotatable bonds is 4. The Morgan fingerprint density at radius 3 is 2.82 bits per heavy atom. The minimum Gasteiger partial charge on any atom is -0.338 e. The van der Waals surface area contributed by atoms with Crippen LogP contribution in [0, 0.1) is 19.3 Å². The Hall–Kier alpha value is -1.46. The molecular formula is C14H16ClNO. The summed E-state index contributed by atoms with van der Waals surface area (Å²) in [7, 11) is 0. The normalized spacial score (nSPS) is 11.6. The molecule has 0 bridgehead atoms. The van der Waals surface area contributed by atoms with E-state index in [1.54, 1.807) is 12.1 Å². The first-order chi connectivity index (χ1) is 8.08. The van der Waals surface area contributed by atoms with E-state index < -0.39 is 0 Å². The van der Waals surface area contributed by atoms with Crippen LogP contribution >= 0.6 is 11.6 Å². The lowest BCUT2D eigenvalue weighted by Gasteiger charge is -2.12. The van der Waals surface area contributed by atoms with E-state index in [-0.39, 0.29) is 11.9 Å². The van der Waals surface area contributed by atoms with E-state index in [0.29, 0.717) is 10.6 Å². The highest BCUT2D eigenvalue weighted by atomic mass is 35.5. The Kier molecular flexibility index (Phi) is 5.06. The van der Waals surface area contributed by atoms with Crippen LogP contribution in [0.1, 0.15) is 35.7 Å². The molecule has 0 aromatic heterocycles. The van der Waals surface area contributed by atoms with Crippen LogP contribution < -0.4 is 5.32 Å². The summed E-state index contributed by atoms with van der Waals surface area (Å²) in [6.45, 7) is 3.92. The highest BCUT2D eigenvalue weighted by Crippen LogP contribution is 2.16. The number of halogens is 1. The molecule has 0 fully saturated rings. The molecule has 1 amide bonds. The van der Waals surface area contributed by atoms with Crippen LogP contribution in [-0.4, -0.2) is 11.9 Å². The molecule has 3 heteroatoms. The number of amides is 1. The second-order valence-electron chi connectivity index (χ2n) is 3.95. The van der Waals surface area contributed by atoms with E-state index in [2.05, 4.69) is 11.2 Å². The monoisotopic (exact) mass is 249 g/mol. The van der Waals surface area contributed by atoms with Crippen molar-refractivity contribution in [2.45, 2.75) is 32.7 Å². The van der Waals surface area contributed by atoms with Crippen molar-refractivity contribution in [1.82, 2.24) is 5.32 Å². The minimum atomic E-state index is -0.215. The van der Waals surface area contributed by atoms with Gasteiger partial charge in [-0.2, -0.15) is 0 Å². The van der Waals surface area contributed by atoms with Crippen LogP contribution in [0.3, 0.4) is 0 Å². The SMILES string of the molecule is C#CC(CCC)NC(=O)c1ccc(C)c(Cl)c1. The topological polar surface area (TPSA) is 29.1 Å². The maximum atomic E-state index is 11.9. The zero-order valence-corrected chi connectivity index (χ0v) is 10.8. The smallest absolute Gasteiger partial charge is 0.252 e. The number of nitrogens with one attached hydrogen (secondary N) is 1. The summed E-state index contributed by atoms with van der Waals surface area (Å²) >= 11 is 5.97. The van der Waals surface area contributed by atoms with Crippen molar-refractivity contribution in [2.24, 2.45) is 0 Å². The standard InChI is InChI=1S/C14H16ClNO/c1-4-6-12(5-2)16-14(17)11-8-7-10(3)13(15)9-11/h2,7-9,12H,4,6H2,1,3H3,(H,16,17). The molecule has 0 aliphatic carbocycles. The molecule has 0 heterocycles. The summed E-state index contributed by atoms with van der Waals surface area (Å²) in [4.78, 5) is 11.9. The number of terminal acetylenes is 1. The van der Waals surface area contributed by atoms with Crippen molar-refractivity contribution in [3.8, 4) is 12.3 Å². The number of aryl methyl sites for hydroxylation is 1. The molecule has 90 valence electrons. The third kappa shape index (κ3) is 3.80. The van der Waals surface area contributed by atoms with Gasteiger partial charge in [-0.3, -0.25) is 4.79 Å². The summed E-state index contributed by atoms with van der Waals surface area (Å²) in [5.74, 6) is 2.39. The van der Waals surface area contributed by atoms with Crippen molar-refractivity contribution in [1.29, 1.82) is 0 Å². The van der Waals surface area contributed by atoms with Crippen LogP contribution in [0.2, 0.25) is 5.02 Å². The quantitative estimate of drug-likeness (QED) is 0.816. The summed E-state index contributed by atoms with van der Waals surface area (Å²) in [5.41, 5.74) is 1.49. The largest absolute Gasteiger partial charge is 0.338 e. The first kappa shape index (κ1) is 13.6. The molecule has 1 aromatic rings. The van der Waals surface area contributed by atoms with Gasteiger partial charge in [-0.1, -0.05) is 36.9 Å². The average Bonchev–Trinajstić information content (AvgIpc) is 2.31. The van der Waals surface area contributed by atoms with Crippen LogP contribution in [0.15, 0.2) is 18.2 Å². The van der Waals surface area contributed by atoms with Crippen LogP contribution in [-0.2, 0) is 0 Å². The Morgan fingerprint density at radius 1 is 1.59 bits per heavy atom. The van der Waals surface area contributed by atoms with Gasteiger partial charge in [0.2, 0.25) is 0 Å². The molecule has 0 saturated carbocycles. The molecule has 0 radical (unpaired) electrons. The van der Waals surface area contributed by atoms with E-state index in [9.17, 15) is 4.79 Å². The molecule has 1 rings (SSSR count). The second kappa shape index (κ2) is 6.32. The Balaban J connectivity index is 2.76. The molecule has 0 aliphatic heterocycles. The van der Waals surface area contributed by atoms with E-state index in [0.717, 1.165) is 18.4 Å². The van der Waals surface area contributed by atoms with Gasteiger partial charge >= 0.3 is 0 Å². The Labute approximate surface area is 107 Å². The van der Waals surface area contributed by atoms with E-state index in [4.69, 9.17) is 18.0 Å². The van der Waals surface area contributed by atoms with Crippen molar-refractivity contribution >= 4 is 17.5 Å². The molecule has 17 heavy (non-hydrogen) atoms. The number of hydrogen-bond donors (Lipinski definition) is 1. The number of carbonyl (C=O) groups excluding carboxylic acids is 1. The molecule has 0 spiro atoms. The first-order valence-electron chi connectivity index (χ1n) is 5.61. The van der Waals surface area contributed by atoms with E-state index in [1.165, 1.54) is 0 Å². The fraction of sp³-hybridized carbons (Fsp3) is 0.357. The molecule has 2 nitrogen and oxygen atoms in total. The van der Waals surface area contributed by atoms with Crippen LogP contribution in [0.5, 0.6) is 0 Å². The zero-order chi connectivity index (χ0) is 12.8. The van der Waals surface area contributed by atoms with Gasteiger partial charge in [-0.15, -0.1) is 6.42 Å². The third-order valence-electron chi connectivity index (χ3n) is 2.52. The highest BCUT2D eigenvalue weighted by Gasteiger charge is 2.11. The molecule has 0 aliphatic rings. The lowest BCUT2D eigenvalue weighted by Crippen LogP contribution is -2.33. The van der Waals surface area contributed by atoms with Gasteiger partial charge in [0.25, 0.3) is 5.91 Å². The second-order valence-corrected chi connectivity index (χ2v) is 4.35. The van der Waals surface area contributed by atoms with Crippen molar-refractivity contribution in [3.63, 3.8) is 0 Å². The van der Waals surface area contributed by atoms with Gasteiger partial charge in [0.05, 0.1) is 6.04 Å². The first-order valence-corrected chi connectivity index (χ1v) is 5.99. The third-order valence-corrected chi connectivity index (χ3v) is 2.93. The molecular weight excluding hydrogens is 234 g/mol. The highest BCUT2D eigenvalue weighted by molar-refractivity contribution is 6.31. The Morgan fingerprint density at radius 2 is 2.29 bits per heavy atom. The van der Waals surface area contributed by atoms with Gasteiger partial charge in [0, 0.05) is 10.6 Å². The predicted molar refractivity (Wildman–Crippen MR) is 71.2 cm³/mol. The van der Waals surface area contributed by atoms with Gasteiger partial charge < -0.3 is 5.32 Å². The summed E-state index contributed by atoms with van der Waals surface area (Å²) in [6, 6.07) is 5.01. The average molecular weight is 250 g/mol. The molecule has 1 unspecified atom stereocenters. The van der Waals surface area contributed by atoms with Crippen LogP contribution in [0.25, 0.3) is 0 Å². The summed E-state index contributed by atoms with van der Waals surface area (Å²) < 4.78 is 0. The lowest BCUT2D eigenvalue weighted by atomic mass is 10.1. The molecule has 1 N–H and O–H groups in total. The molecule has 1 atom stereocenters. The summed E-state index contributed by atoms with van der Waals surface area (Å²) in [5, 5.41) is 3.39. The predicted octanol–water partition coefficient (Wildman–Crippen LogP) is 3.18. The molecule has 1 aromatic carbocycles. The van der Waals surface area contributed by atoms with Gasteiger partial charge in [-0.05, 0) is 31.0 Å². The van der Waals surface area contributed by atoms with E-state index >= 15 is 0 Å². The van der Waals surface area contributed by atoms with Crippen molar-refractivity contribution < 1.29 is 4.79 Å². The lowest BCUT2D eigenvalue weighted by molar-refractivity contribution is 0.0944. The van der Waals surface area contributed by atoms with Gasteiger partial charge in [0.15, 0.2) is 0 Å². The van der Waals surface area contributed by atoms with Crippen molar-refractivity contribution in [2.75, 3.05) is 0 Å². The van der Waals surface area contributed by atoms with Gasteiger partial charge in [-0.25, -0.2) is 0 Å². The molecule has 0 saturated heterocycles. The van der Waals surface area contributed by atoms with Crippen LogP contribution in [0.4, 0.5) is 0 Å². The number of hydrogen-bond acceptors (Lipinski definition) is 1. The fourth-order valence-electron chi connectivity index (χ4n) is 1.46. The number of benzene rings is 1. The van der Waals surface area contributed by atoms with Crippen molar-refractivity contribution in [3.05, 3.63) is 34.3 Å². The maximum absolute atomic E-state index is 11.9. The minimum absolute atomic E-state index is 0.177. The Bertz CT molecular complexity index is 448. The van der Waals surface area contributed by atoms with Gasteiger partial charge in [0.1, 0.15) is 0 Å². The zero-order valence-electron chi connectivity index (χ0n) is 10.1. The fourth-order valence-corrected chi connectivity index (χ4v) is 1.64. The summed E-state index contributed by atoms with van der Waals surface area (Å²) in [6.07, 6.45) is 7.06. The maximum Gasteiger partial charge on any atom is 0.252 e. The number of carbonyl (C=O) groups is 1. The van der Waals surface area contributed by atoms with E-state index in [1.807, 2.05) is 19.9 Å².